The summed E-state index contributed by atoms with van der Waals surface area (Å²) in [6.45, 7) is 5.48. The number of carboxylic acids is 1. The highest BCUT2D eigenvalue weighted by Gasteiger charge is 2.30. The molecule has 1 unspecified atom stereocenters. The molecule has 2 aromatic carbocycles. The van der Waals surface area contributed by atoms with Gasteiger partial charge in [0.15, 0.2) is 6.04 Å². The van der Waals surface area contributed by atoms with Gasteiger partial charge in [-0.2, -0.15) is 0 Å². The molecular weight excluding hydrogens is 266 g/mol. The number of fused-ring (bicyclic) bond motifs is 1. The second-order valence-electron chi connectivity index (χ2n) is 6.10. The van der Waals surface area contributed by atoms with Gasteiger partial charge in [0.2, 0.25) is 0 Å². The Balaban J connectivity index is 2.50. The minimum Gasteiger partial charge on any atom is -0.507 e. The normalized spacial score (nSPS) is 13.7. The number of aromatic hydroxyl groups is 1. The number of carboxylic acid groups (broad SMARTS) is 1. The van der Waals surface area contributed by atoms with Crippen molar-refractivity contribution < 1.29 is 15.0 Å². The van der Waals surface area contributed by atoms with E-state index in [0.29, 0.717) is 5.56 Å². The van der Waals surface area contributed by atoms with Crippen molar-refractivity contribution in [3.05, 3.63) is 42.0 Å². The van der Waals surface area contributed by atoms with Crippen molar-refractivity contribution in [3.8, 4) is 5.75 Å². The van der Waals surface area contributed by atoms with Crippen molar-refractivity contribution in [3.63, 3.8) is 0 Å². The first-order valence-corrected chi connectivity index (χ1v) is 6.77. The van der Waals surface area contributed by atoms with Gasteiger partial charge in [-0.1, -0.05) is 51.1 Å². The highest BCUT2D eigenvalue weighted by Crippen LogP contribution is 2.27. The molecule has 2 aromatic rings. The lowest BCUT2D eigenvalue weighted by atomic mass is 9.87. The SMILES string of the molecule is CC(C)(C)C(N=Cc1c(O)ccc2ccccc12)C(=O)O. The molecule has 1 atom stereocenters. The van der Waals surface area contributed by atoms with Crippen LogP contribution in [-0.2, 0) is 4.79 Å². The first kappa shape index (κ1) is 15.0. The van der Waals surface area contributed by atoms with Crippen LogP contribution in [0.25, 0.3) is 10.8 Å². The summed E-state index contributed by atoms with van der Waals surface area (Å²) in [4.78, 5) is 15.5. The van der Waals surface area contributed by atoms with Crippen LogP contribution in [0.1, 0.15) is 26.3 Å². The van der Waals surface area contributed by atoms with E-state index in [9.17, 15) is 15.0 Å². The number of hydrogen-bond acceptors (Lipinski definition) is 3. The Hall–Kier alpha value is -2.36. The van der Waals surface area contributed by atoms with E-state index in [0.717, 1.165) is 10.8 Å². The molecule has 0 bridgehead atoms. The number of hydrogen-bond donors (Lipinski definition) is 2. The van der Waals surface area contributed by atoms with Crippen LogP contribution in [0.2, 0.25) is 0 Å². The molecule has 0 amide bonds. The Morgan fingerprint density at radius 1 is 1.19 bits per heavy atom. The van der Waals surface area contributed by atoms with Crippen molar-refractivity contribution in [2.24, 2.45) is 10.4 Å². The van der Waals surface area contributed by atoms with Crippen LogP contribution in [0.15, 0.2) is 41.4 Å². The standard InChI is InChI=1S/C17H19NO3/c1-17(2,3)15(16(20)21)18-10-13-12-7-5-4-6-11(12)8-9-14(13)19/h4-10,15,19H,1-3H3,(H,20,21). The van der Waals surface area contributed by atoms with E-state index in [4.69, 9.17) is 0 Å². The maximum atomic E-state index is 11.3. The van der Waals surface area contributed by atoms with Gasteiger partial charge in [-0.15, -0.1) is 0 Å². The largest absolute Gasteiger partial charge is 0.507 e. The maximum absolute atomic E-state index is 11.3. The molecule has 2 rings (SSSR count). The van der Waals surface area contributed by atoms with Crippen LogP contribution in [0.5, 0.6) is 5.75 Å². The first-order chi connectivity index (χ1) is 9.80. The molecular formula is C17H19NO3. The van der Waals surface area contributed by atoms with Gasteiger partial charge < -0.3 is 10.2 Å². The Bertz CT molecular complexity index is 699. The maximum Gasteiger partial charge on any atom is 0.328 e. The third-order valence-electron chi connectivity index (χ3n) is 3.35. The molecule has 0 aliphatic heterocycles. The van der Waals surface area contributed by atoms with Gasteiger partial charge in [-0.3, -0.25) is 4.99 Å². The Kier molecular flexibility index (Phi) is 3.98. The molecule has 21 heavy (non-hydrogen) atoms. The van der Waals surface area contributed by atoms with Crippen LogP contribution >= 0.6 is 0 Å². The number of carbonyl (C=O) groups is 1. The summed E-state index contributed by atoms with van der Waals surface area (Å²) in [6.07, 6.45) is 1.46. The van der Waals surface area contributed by atoms with E-state index in [1.165, 1.54) is 6.21 Å². The third-order valence-corrected chi connectivity index (χ3v) is 3.35. The van der Waals surface area contributed by atoms with Crippen molar-refractivity contribution in [2.75, 3.05) is 0 Å². The van der Waals surface area contributed by atoms with Gasteiger partial charge in [-0.05, 0) is 22.3 Å². The molecule has 2 N–H and O–H groups in total. The molecule has 0 fully saturated rings. The second-order valence-corrected chi connectivity index (χ2v) is 6.10. The van der Waals surface area contributed by atoms with Crippen molar-refractivity contribution >= 4 is 23.0 Å². The Labute approximate surface area is 123 Å². The van der Waals surface area contributed by atoms with E-state index < -0.39 is 17.4 Å². The smallest absolute Gasteiger partial charge is 0.328 e. The molecule has 0 spiro atoms. The topological polar surface area (TPSA) is 69.9 Å². The zero-order chi connectivity index (χ0) is 15.6. The van der Waals surface area contributed by atoms with Gasteiger partial charge in [0, 0.05) is 11.8 Å². The average molecular weight is 285 g/mol. The monoisotopic (exact) mass is 285 g/mol. The number of aliphatic carboxylic acids is 1. The molecule has 110 valence electrons. The summed E-state index contributed by atoms with van der Waals surface area (Å²) in [6, 6.07) is 10.1. The lowest BCUT2D eigenvalue weighted by Crippen LogP contribution is -2.32. The fraction of sp³-hybridized carbons (Fsp3) is 0.294. The number of nitrogens with zero attached hydrogens (tertiary/aromatic N) is 1. The van der Waals surface area contributed by atoms with E-state index in [1.54, 1.807) is 6.07 Å². The van der Waals surface area contributed by atoms with Gasteiger partial charge in [0.1, 0.15) is 5.75 Å². The van der Waals surface area contributed by atoms with Gasteiger partial charge in [-0.25, -0.2) is 4.79 Å². The number of rotatable bonds is 3. The minimum absolute atomic E-state index is 0.0931. The summed E-state index contributed by atoms with van der Waals surface area (Å²) in [7, 11) is 0. The summed E-state index contributed by atoms with van der Waals surface area (Å²) in [5, 5.41) is 21.1. The summed E-state index contributed by atoms with van der Waals surface area (Å²) in [5.41, 5.74) is 0.0475. The zero-order valence-electron chi connectivity index (χ0n) is 12.4. The Morgan fingerprint density at radius 2 is 1.86 bits per heavy atom. The van der Waals surface area contributed by atoms with Gasteiger partial charge in [0.05, 0.1) is 0 Å². The van der Waals surface area contributed by atoms with Crippen LogP contribution < -0.4 is 0 Å². The number of phenolic OH excluding ortho intramolecular Hbond substituents is 1. The first-order valence-electron chi connectivity index (χ1n) is 6.77. The number of phenols is 1. The highest BCUT2D eigenvalue weighted by atomic mass is 16.4. The summed E-state index contributed by atoms with van der Waals surface area (Å²) >= 11 is 0. The predicted octanol–water partition coefficient (Wildman–Crippen LogP) is 3.46. The lowest BCUT2D eigenvalue weighted by molar-refractivity contribution is -0.140. The van der Waals surface area contributed by atoms with Crippen molar-refractivity contribution in [2.45, 2.75) is 26.8 Å². The van der Waals surface area contributed by atoms with Crippen LogP contribution in [0.3, 0.4) is 0 Å². The molecule has 0 heterocycles. The quantitative estimate of drug-likeness (QED) is 0.848. The second kappa shape index (κ2) is 5.56. The van der Waals surface area contributed by atoms with Gasteiger partial charge >= 0.3 is 5.97 Å². The summed E-state index contributed by atoms with van der Waals surface area (Å²) in [5.74, 6) is -0.881. The molecule has 0 saturated carbocycles. The van der Waals surface area contributed by atoms with Crippen LogP contribution in [0, 0.1) is 5.41 Å². The molecule has 0 aromatic heterocycles. The van der Waals surface area contributed by atoms with Crippen molar-refractivity contribution in [1.29, 1.82) is 0 Å². The van der Waals surface area contributed by atoms with Crippen molar-refractivity contribution in [1.82, 2.24) is 0 Å². The number of benzene rings is 2. The third kappa shape index (κ3) is 3.21. The molecule has 0 aliphatic rings. The molecule has 0 aliphatic carbocycles. The Morgan fingerprint density at radius 3 is 2.48 bits per heavy atom. The van der Waals surface area contributed by atoms with E-state index in [-0.39, 0.29) is 5.75 Å². The molecule has 0 saturated heterocycles. The highest BCUT2D eigenvalue weighted by molar-refractivity contribution is 6.02. The minimum atomic E-state index is -0.974. The average Bonchev–Trinajstić information content (AvgIpc) is 2.39. The van der Waals surface area contributed by atoms with E-state index in [1.807, 2.05) is 51.1 Å². The fourth-order valence-electron chi connectivity index (χ4n) is 2.23. The zero-order valence-corrected chi connectivity index (χ0v) is 12.4. The molecule has 0 radical (unpaired) electrons. The van der Waals surface area contributed by atoms with Crippen LogP contribution in [-0.4, -0.2) is 28.4 Å². The molecule has 4 heteroatoms. The summed E-state index contributed by atoms with van der Waals surface area (Å²) < 4.78 is 0. The van der Waals surface area contributed by atoms with Gasteiger partial charge in [0.25, 0.3) is 0 Å². The van der Waals surface area contributed by atoms with E-state index in [2.05, 4.69) is 4.99 Å². The predicted molar refractivity (Wildman–Crippen MR) is 84.1 cm³/mol. The van der Waals surface area contributed by atoms with Crippen LogP contribution in [0.4, 0.5) is 0 Å². The fourth-order valence-corrected chi connectivity index (χ4v) is 2.23. The van der Waals surface area contributed by atoms with E-state index >= 15 is 0 Å². The number of aliphatic imine (C=N–C) groups is 1. The lowest BCUT2D eigenvalue weighted by Gasteiger charge is -2.23. The molecule has 4 nitrogen and oxygen atoms in total.